The van der Waals surface area contributed by atoms with Crippen LogP contribution in [-0.2, 0) is 11.2 Å². The maximum absolute atomic E-state index is 13.5. The molecule has 0 saturated heterocycles. The standard InChI is InChI=1S/C12H10F2N2O/c13-7-5-9-8(10(14)6-7)3-4-16-11(9)1-2-12(15)17/h3-6H,1-2H2,(H2,15,17). The molecule has 0 saturated carbocycles. The highest BCUT2D eigenvalue weighted by atomic mass is 19.1. The fourth-order valence-electron chi connectivity index (χ4n) is 1.71. The van der Waals surface area contributed by atoms with Crippen LogP contribution in [0.4, 0.5) is 8.78 Å². The van der Waals surface area contributed by atoms with E-state index in [0.717, 1.165) is 6.07 Å². The first-order valence-corrected chi connectivity index (χ1v) is 5.09. The lowest BCUT2D eigenvalue weighted by Crippen LogP contribution is -2.11. The Morgan fingerprint density at radius 2 is 2.06 bits per heavy atom. The van der Waals surface area contributed by atoms with Crippen LogP contribution in [0, 0.1) is 11.6 Å². The van der Waals surface area contributed by atoms with Crippen molar-refractivity contribution in [3.8, 4) is 0 Å². The number of fused-ring (bicyclic) bond motifs is 1. The second-order valence-corrected chi connectivity index (χ2v) is 3.71. The summed E-state index contributed by atoms with van der Waals surface area (Å²) in [7, 11) is 0. The first kappa shape index (κ1) is 11.4. The zero-order valence-corrected chi connectivity index (χ0v) is 8.91. The van der Waals surface area contributed by atoms with Gasteiger partial charge < -0.3 is 5.73 Å². The number of carbonyl (C=O) groups is 1. The first-order valence-electron chi connectivity index (χ1n) is 5.09. The number of nitrogens with zero attached hydrogens (tertiary/aromatic N) is 1. The summed E-state index contributed by atoms with van der Waals surface area (Å²) < 4.78 is 26.6. The Labute approximate surface area is 96.3 Å². The number of hydrogen-bond acceptors (Lipinski definition) is 2. The monoisotopic (exact) mass is 236 g/mol. The molecule has 1 heterocycles. The van der Waals surface area contributed by atoms with Gasteiger partial charge in [0.05, 0.1) is 0 Å². The van der Waals surface area contributed by atoms with Crippen molar-refractivity contribution < 1.29 is 13.6 Å². The van der Waals surface area contributed by atoms with Crippen molar-refractivity contribution in [1.29, 1.82) is 0 Å². The van der Waals surface area contributed by atoms with Crippen LogP contribution in [0.15, 0.2) is 24.4 Å². The maximum atomic E-state index is 13.5. The zero-order valence-electron chi connectivity index (χ0n) is 8.91. The minimum absolute atomic E-state index is 0.101. The van der Waals surface area contributed by atoms with Gasteiger partial charge in [-0.25, -0.2) is 8.78 Å². The molecule has 88 valence electrons. The fourth-order valence-corrected chi connectivity index (χ4v) is 1.71. The molecule has 2 N–H and O–H groups in total. The highest BCUT2D eigenvalue weighted by Crippen LogP contribution is 2.22. The summed E-state index contributed by atoms with van der Waals surface area (Å²) in [6, 6.07) is 3.50. The largest absolute Gasteiger partial charge is 0.370 e. The van der Waals surface area contributed by atoms with Crippen LogP contribution in [0.2, 0.25) is 0 Å². The van der Waals surface area contributed by atoms with Crippen LogP contribution in [-0.4, -0.2) is 10.9 Å². The summed E-state index contributed by atoms with van der Waals surface area (Å²) in [6.07, 6.45) is 1.81. The number of nitrogens with two attached hydrogens (primary N) is 1. The highest BCUT2D eigenvalue weighted by Gasteiger charge is 2.09. The van der Waals surface area contributed by atoms with Crippen LogP contribution < -0.4 is 5.73 Å². The van der Waals surface area contributed by atoms with Gasteiger partial charge in [0.2, 0.25) is 5.91 Å². The average Bonchev–Trinajstić information content (AvgIpc) is 2.26. The van der Waals surface area contributed by atoms with Gasteiger partial charge in [-0.3, -0.25) is 9.78 Å². The molecule has 5 heteroatoms. The Bertz CT molecular complexity index is 584. The second-order valence-electron chi connectivity index (χ2n) is 3.71. The molecule has 2 aromatic rings. The lowest BCUT2D eigenvalue weighted by atomic mass is 10.1. The van der Waals surface area contributed by atoms with Crippen molar-refractivity contribution in [3.63, 3.8) is 0 Å². The first-order chi connectivity index (χ1) is 8.08. The molecular formula is C12H10F2N2O. The number of aromatic nitrogens is 1. The molecular weight excluding hydrogens is 226 g/mol. The predicted octanol–water partition coefficient (Wildman–Crippen LogP) is 1.93. The highest BCUT2D eigenvalue weighted by molar-refractivity contribution is 5.85. The van der Waals surface area contributed by atoms with Crippen LogP contribution in [0.25, 0.3) is 10.8 Å². The van der Waals surface area contributed by atoms with E-state index in [2.05, 4.69) is 4.98 Å². The SMILES string of the molecule is NC(=O)CCc1nccc2c(F)cc(F)cc12. The number of halogens is 2. The van der Waals surface area contributed by atoms with E-state index >= 15 is 0 Å². The minimum atomic E-state index is -0.664. The Kier molecular flexibility index (Phi) is 2.99. The summed E-state index contributed by atoms with van der Waals surface area (Å²) in [4.78, 5) is 14.7. The molecule has 0 radical (unpaired) electrons. The number of hydrogen-bond donors (Lipinski definition) is 1. The van der Waals surface area contributed by atoms with Crippen LogP contribution in [0.3, 0.4) is 0 Å². The van der Waals surface area contributed by atoms with Gasteiger partial charge in [-0.1, -0.05) is 0 Å². The third kappa shape index (κ3) is 2.38. The molecule has 17 heavy (non-hydrogen) atoms. The van der Waals surface area contributed by atoms with E-state index in [-0.39, 0.29) is 12.8 Å². The van der Waals surface area contributed by atoms with Crippen molar-refractivity contribution in [2.45, 2.75) is 12.8 Å². The van der Waals surface area contributed by atoms with E-state index in [1.54, 1.807) is 0 Å². The van der Waals surface area contributed by atoms with Crippen LogP contribution in [0.5, 0.6) is 0 Å². The molecule has 3 nitrogen and oxygen atoms in total. The molecule has 0 bridgehead atoms. The van der Waals surface area contributed by atoms with Gasteiger partial charge in [0, 0.05) is 35.2 Å². The van der Waals surface area contributed by atoms with Gasteiger partial charge >= 0.3 is 0 Å². The molecule has 0 unspecified atom stereocenters. The number of benzene rings is 1. The average molecular weight is 236 g/mol. The molecule has 0 spiro atoms. The number of aryl methyl sites for hydroxylation is 1. The lowest BCUT2D eigenvalue weighted by Gasteiger charge is -2.05. The van der Waals surface area contributed by atoms with Crippen molar-refractivity contribution in [2.24, 2.45) is 5.73 Å². The summed E-state index contributed by atoms with van der Waals surface area (Å²) in [5.41, 5.74) is 5.50. The normalized spacial score (nSPS) is 10.7. The van der Waals surface area contributed by atoms with E-state index in [1.165, 1.54) is 18.3 Å². The van der Waals surface area contributed by atoms with Crippen LogP contribution >= 0.6 is 0 Å². The molecule has 0 aliphatic carbocycles. The van der Waals surface area contributed by atoms with E-state index in [4.69, 9.17) is 5.73 Å². The molecule has 0 aliphatic rings. The number of carbonyl (C=O) groups excluding carboxylic acids is 1. The number of primary amides is 1. The minimum Gasteiger partial charge on any atom is -0.370 e. The Morgan fingerprint density at radius 1 is 1.29 bits per heavy atom. The molecule has 0 atom stereocenters. The van der Waals surface area contributed by atoms with Gasteiger partial charge in [-0.2, -0.15) is 0 Å². The van der Waals surface area contributed by atoms with E-state index in [0.29, 0.717) is 16.5 Å². The fraction of sp³-hybridized carbons (Fsp3) is 0.167. The topological polar surface area (TPSA) is 56.0 Å². The Hall–Kier alpha value is -2.04. The second kappa shape index (κ2) is 4.45. The van der Waals surface area contributed by atoms with E-state index in [9.17, 15) is 13.6 Å². The quantitative estimate of drug-likeness (QED) is 0.885. The Balaban J connectivity index is 2.52. The molecule has 0 aliphatic heterocycles. The van der Waals surface area contributed by atoms with Crippen LogP contribution in [0.1, 0.15) is 12.1 Å². The number of pyridine rings is 1. The van der Waals surface area contributed by atoms with Gasteiger partial charge in [-0.05, 0) is 18.6 Å². The van der Waals surface area contributed by atoms with E-state index in [1.807, 2.05) is 0 Å². The molecule has 1 amide bonds. The maximum Gasteiger partial charge on any atom is 0.217 e. The third-order valence-electron chi connectivity index (χ3n) is 2.48. The molecule has 1 aromatic carbocycles. The molecule has 2 rings (SSSR count). The Morgan fingerprint density at radius 3 is 2.76 bits per heavy atom. The predicted molar refractivity (Wildman–Crippen MR) is 59.2 cm³/mol. The van der Waals surface area contributed by atoms with Crippen molar-refractivity contribution >= 4 is 16.7 Å². The third-order valence-corrected chi connectivity index (χ3v) is 2.48. The van der Waals surface area contributed by atoms with Gasteiger partial charge in [-0.15, -0.1) is 0 Å². The van der Waals surface area contributed by atoms with E-state index < -0.39 is 17.5 Å². The smallest absolute Gasteiger partial charge is 0.217 e. The lowest BCUT2D eigenvalue weighted by molar-refractivity contribution is -0.118. The summed E-state index contributed by atoms with van der Waals surface area (Å²) >= 11 is 0. The summed E-state index contributed by atoms with van der Waals surface area (Å²) in [5, 5.41) is 0.673. The van der Waals surface area contributed by atoms with Crippen molar-refractivity contribution in [3.05, 3.63) is 41.7 Å². The van der Waals surface area contributed by atoms with Gasteiger partial charge in [0.15, 0.2) is 0 Å². The molecule has 1 aromatic heterocycles. The van der Waals surface area contributed by atoms with Crippen molar-refractivity contribution in [2.75, 3.05) is 0 Å². The number of rotatable bonds is 3. The van der Waals surface area contributed by atoms with Gasteiger partial charge in [0.25, 0.3) is 0 Å². The summed E-state index contributed by atoms with van der Waals surface area (Å²) in [5.74, 6) is -1.77. The molecule has 0 fully saturated rings. The zero-order chi connectivity index (χ0) is 12.4. The van der Waals surface area contributed by atoms with Gasteiger partial charge in [0.1, 0.15) is 11.6 Å². The van der Waals surface area contributed by atoms with Crippen molar-refractivity contribution in [1.82, 2.24) is 4.98 Å². The number of amides is 1. The summed E-state index contributed by atoms with van der Waals surface area (Å²) in [6.45, 7) is 0.